The molecule has 2 aromatic carbocycles. The number of pyridine rings is 2. The Morgan fingerprint density at radius 2 is 1.93 bits per heavy atom. The summed E-state index contributed by atoms with van der Waals surface area (Å²) in [5.74, 6) is 2.43. The number of phenols is 1. The molecule has 2 aromatic heterocycles. The molecule has 0 spiro atoms. The third-order valence-corrected chi connectivity index (χ3v) is 4.61. The molecule has 4 aromatic rings. The summed E-state index contributed by atoms with van der Waals surface area (Å²) in [6.07, 6.45) is 7.51. The molecule has 0 amide bonds. The van der Waals surface area contributed by atoms with Crippen LogP contribution < -0.4 is 10.2 Å². The maximum Gasteiger partial charge on any atom is 0.229 e. The number of benzene rings is 2. The molecular formula is C22H18N2O3. The predicted octanol–water partition coefficient (Wildman–Crippen LogP) is 3.74. The number of hydrogen-bond donors (Lipinski definition) is 1. The fourth-order valence-corrected chi connectivity index (χ4v) is 3.23. The highest BCUT2D eigenvalue weighted by Gasteiger charge is 2.21. The van der Waals surface area contributed by atoms with Crippen molar-refractivity contribution in [1.29, 1.82) is 0 Å². The zero-order valence-electron chi connectivity index (χ0n) is 15.3. The van der Waals surface area contributed by atoms with Crippen molar-refractivity contribution < 1.29 is 9.84 Å². The fraction of sp³-hybridized carbons (Fsp3) is 0.182. The van der Waals surface area contributed by atoms with Crippen LogP contribution in [0.1, 0.15) is 13.8 Å². The summed E-state index contributed by atoms with van der Waals surface area (Å²) in [5.41, 5.74) is -0.318. The standard InChI is InChI=1S/C22H18N2O3/c1-5-22(2,3)27-18-11-17(25)20(26)16-10-15-14-9-7-6-8-13(14)12-24(4)21(15)23-19(16)18/h1,6-12,25H,2-4H3. The van der Waals surface area contributed by atoms with Crippen LogP contribution >= 0.6 is 0 Å². The summed E-state index contributed by atoms with van der Waals surface area (Å²) < 4.78 is 7.78. The number of rotatable bonds is 2. The van der Waals surface area contributed by atoms with Crippen molar-refractivity contribution in [3.05, 3.63) is 52.8 Å². The van der Waals surface area contributed by atoms with Gasteiger partial charge in [0, 0.05) is 24.7 Å². The Morgan fingerprint density at radius 1 is 1.19 bits per heavy atom. The van der Waals surface area contributed by atoms with E-state index in [0.29, 0.717) is 16.6 Å². The van der Waals surface area contributed by atoms with E-state index in [4.69, 9.17) is 16.1 Å². The van der Waals surface area contributed by atoms with Crippen LogP contribution in [0.2, 0.25) is 0 Å². The third kappa shape index (κ3) is 2.67. The van der Waals surface area contributed by atoms with Crippen LogP contribution in [0, 0.1) is 12.3 Å². The molecule has 0 saturated carbocycles. The summed E-state index contributed by atoms with van der Waals surface area (Å²) in [6, 6.07) is 10.9. The van der Waals surface area contributed by atoms with E-state index in [1.165, 1.54) is 6.07 Å². The normalized spacial score (nSPS) is 11.8. The minimum absolute atomic E-state index is 0.278. The van der Waals surface area contributed by atoms with E-state index >= 15 is 0 Å². The second-order valence-electron chi connectivity index (χ2n) is 7.06. The monoisotopic (exact) mass is 358 g/mol. The minimum atomic E-state index is -0.911. The summed E-state index contributed by atoms with van der Waals surface area (Å²) in [6.45, 7) is 3.46. The quantitative estimate of drug-likeness (QED) is 0.337. The average molecular weight is 358 g/mol. The van der Waals surface area contributed by atoms with Crippen molar-refractivity contribution in [3.8, 4) is 23.8 Å². The Hall–Kier alpha value is -3.52. The van der Waals surface area contributed by atoms with Crippen LogP contribution in [0.3, 0.4) is 0 Å². The van der Waals surface area contributed by atoms with E-state index in [-0.39, 0.29) is 5.75 Å². The lowest BCUT2D eigenvalue weighted by atomic mass is 10.1. The zero-order chi connectivity index (χ0) is 19.3. The molecule has 0 unspecified atom stereocenters. The number of hydrogen-bond acceptors (Lipinski definition) is 4. The van der Waals surface area contributed by atoms with Crippen molar-refractivity contribution in [2.24, 2.45) is 7.05 Å². The maximum absolute atomic E-state index is 12.6. The summed E-state index contributed by atoms with van der Waals surface area (Å²) in [7, 11) is 1.90. The number of nitrogens with zero attached hydrogens (tertiary/aromatic N) is 2. The third-order valence-electron chi connectivity index (χ3n) is 4.61. The van der Waals surface area contributed by atoms with Crippen molar-refractivity contribution >= 4 is 32.7 Å². The Labute approximate surface area is 155 Å². The highest BCUT2D eigenvalue weighted by atomic mass is 16.5. The van der Waals surface area contributed by atoms with Gasteiger partial charge >= 0.3 is 0 Å². The molecule has 0 saturated heterocycles. The predicted molar refractivity (Wildman–Crippen MR) is 107 cm³/mol. The molecule has 5 heteroatoms. The van der Waals surface area contributed by atoms with E-state index in [1.54, 1.807) is 19.9 Å². The second kappa shape index (κ2) is 5.75. The van der Waals surface area contributed by atoms with Crippen molar-refractivity contribution in [2.45, 2.75) is 19.4 Å². The molecule has 0 radical (unpaired) electrons. The Morgan fingerprint density at radius 3 is 2.67 bits per heavy atom. The van der Waals surface area contributed by atoms with Crippen LogP contribution in [0.25, 0.3) is 32.7 Å². The lowest BCUT2D eigenvalue weighted by Crippen LogP contribution is -2.26. The van der Waals surface area contributed by atoms with E-state index in [0.717, 1.165) is 16.2 Å². The first kappa shape index (κ1) is 16.9. The van der Waals surface area contributed by atoms with Crippen molar-refractivity contribution in [2.75, 3.05) is 0 Å². The Kier molecular flexibility index (Phi) is 3.60. The first-order valence-electron chi connectivity index (χ1n) is 8.52. The molecule has 0 atom stereocenters. The van der Waals surface area contributed by atoms with E-state index < -0.39 is 16.8 Å². The number of terminal acetylenes is 1. The fourth-order valence-electron chi connectivity index (χ4n) is 3.23. The van der Waals surface area contributed by atoms with Gasteiger partial charge in [-0.2, -0.15) is 0 Å². The molecule has 0 bridgehead atoms. The second-order valence-corrected chi connectivity index (χ2v) is 7.06. The van der Waals surface area contributed by atoms with Gasteiger partial charge in [0.2, 0.25) is 5.43 Å². The molecule has 5 nitrogen and oxygen atoms in total. The van der Waals surface area contributed by atoms with Crippen molar-refractivity contribution in [1.82, 2.24) is 9.55 Å². The molecule has 0 aliphatic heterocycles. The first-order valence-corrected chi connectivity index (χ1v) is 8.52. The smallest absolute Gasteiger partial charge is 0.229 e. The van der Waals surface area contributed by atoms with Gasteiger partial charge in [0.1, 0.15) is 11.2 Å². The van der Waals surface area contributed by atoms with Gasteiger partial charge in [0.05, 0.1) is 5.39 Å². The molecule has 27 heavy (non-hydrogen) atoms. The van der Waals surface area contributed by atoms with Gasteiger partial charge < -0.3 is 14.4 Å². The van der Waals surface area contributed by atoms with E-state index in [2.05, 4.69) is 5.92 Å². The largest absolute Gasteiger partial charge is 0.504 e. The van der Waals surface area contributed by atoms with Gasteiger partial charge in [-0.05, 0) is 30.7 Å². The lowest BCUT2D eigenvalue weighted by Gasteiger charge is -2.21. The van der Waals surface area contributed by atoms with Gasteiger partial charge in [0.15, 0.2) is 17.1 Å². The SMILES string of the molecule is C#CC(C)(C)Oc1cc(O)c(=O)c2cc3c4ccccc4cn(C)c3nc12. The molecule has 1 N–H and O–H groups in total. The zero-order valence-corrected chi connectivity index (χ0v) is 15.3. The number of aryl methyl sites for hydroxylation is 1. The van der Waals surface area contributed by atoms with Gasteiger partial charge in [-0.1, -0.05) is 30.2 Å². The number of ether oxygens (including phenoxy) is 1. The van der Waals surface area contributed by atoms with E-state index in [1.807, 2.05) is 42.1 Å². The van der Waals surface area contributed by atoms with Crippen molar-refractivity contribution in [3.63, 3.8) is 0 Å². The molecule has 4 rings (SSSR count). The highest BCUT2D eigenvalue weighted by molar-refractivity contribution is 6.08. The van der Waals surface area contributed by atoms with E-state index in [9.17, 15) is 9.90 Å². The van der Waals surface area contributed by atoms with Crippen LogP contribution in [0.5, 0.6) is 11.5 Å². The molecular weight excluding hydrogens is 340 g/mol. The van der Waals surface area contributed by atoms with Crippen LogP contribution in [0.4, 0.5) is 0 Å². The highest BCUT2D eigenvalue weighted by Crippen LogP contribution is 2.32. The number of aromatic hydroxyl groups is 1. The average Bonchev–Trinajstić information content (AvgIpc) is 2.65. The topological polar surface area (TPSA) is 64.3 Å². The van der Waals surface area contributed by atoms with Crippen LogP contribution in [-0.4, -0.2) is 20.3 Å². The number of aromatic nitrogens is 2. The molecule has 0 fully saturated rings. The summed E-state index contributed by atoms with van der Waals surface area (Å²) in [5, 5.41) is 13.3. The lowest BCUT2D eigenvalue weighted by molar-refractivity contribution is 0.174. The van der Waals surface area contributed by atoms with Gasteiger partial charge in [-0.3, -0.25) is 4.79 Å². The number of phenolic OH excluding ortho intramolecular Hbond substituents is 1. The van der Waals surface area contributed by atoms with Gasteiger partial charge in [0.25, 0.3) is 0 Å². The maximum atomic E-state index is 12.6. The van der Waals surface area contributed by atoms with Gasteiger partial charge in [-0.15, -0.1) is 6.42 Å². The summed E-state index contributed by atoms with van der Waals surface area (Å²) in [4.78, 5) is 17.3. The van der Waals surface area contributed by atoms with Crippen LogP contribution in [-0.2, 0) is 7.05 Å². The Balaban J connectivity index is 2.16. The molecule has 134 valence electrons. The minimum Gasteiger partial charge on any atom is -0.504 e. The molecule has 0 aliphatic rings. The molecule has 0 aliphatic carbocycles. The number of fused-ring (bicyclic) bond motifs is 4. The molecule has 2 heterocycles. The summed E-state index contributed by atoms with van der Waals surface area (Å²) >= 11 is 0. The first-order chi connectivity index (χ1) is 12.8. The van der Waals surface area contributed by atoms with Gasteiger partial charge in [-0.25, -0.2) is 4.98 Å². The van der Waals surface area contributed by atoms with Crippen LogP contribution in [0.15, 0.2) is 47.4 Å². The Bertz CT molecular complexity index is 1330.